The Balaban J connectivity index is 0.000000861. The lowest BCUT2D eigenvalue weighted by atomic mass is 10.2. The smallest absolute Gasteiger partial charge is 0.274 e. The van der Waals surface area contributed by atoms with Crippen LogP contribution in [0.3, 0.4) is 0 Å². The van der Waals surface area contributed by atoms with Gasteiger partial charge in [0.25, 0.3) is 5.91 Å². The van der Waals surface area contributed by atoms with Gasteiger partial charge in [-0.15, -0.1) is 0 Å². The summed E-state index contributed by atoms with van der Waals surface area (Å²) in [6, 6.07) is 5.27. The molecule has 1 heterocycles. The van der Waals surface area contributed by atoms with Crippen LogP contribution in [0.15, 0.2) is 60.0 Å². The lowest BCUT2D eigenvalue weighted by molar-refractivity contribution is 0.0962. The van der Waals surface area contributed by atoms with E-state index in [9.17, 15) is 4.79 Å². The van der Waals surface area contributed by atoms with Gasteiger partial charge in [-0.3, -0.25) is 9.78 Å². The maximum Gasteiger partial charge on any atom is 0.274 e. The van der Waals surface area contributed by atoms with E-state index in [4.69, 9.17) is 0 Å². The zero-order chi connectivity index (χ0) is 14.1. The molecule has 1 amide bonds. The van der Waals surface area contributed by atoms with E-state index < -0.39 is 0 Å². The van der Waals surface area contributed by atoms with Crippen LogP contribution in [0.4, 0.5) is 0 Å². The summed E-state index contributed by atoms with van der Waals surface area (Å²) >= 11 is 0. The lowest BCUT2D eigenvalue weighted by Gasteiger charge is -2.03. The number of pyridine rings is 1. The molecule has 3 heteroatoms. The normalized spacial score (nSPS) is 13.4. The molecule has 0 saturated carbocycles. The van der Waals surface area contributed by atoms with Gasteiger partial charge >= 0.3 is 0 Å². The van der Waals surface area contributed by atoms with Gasteiger partial charge in [0.05, 0.1) is 0 Å². The zero-order valence-corrected chi connectivity index (χ0v) is 11.7. The standard InChI is InChI=1S/C14H14N2O.C2H6/c1-11-5-4-6-12(9-8-11)16-14(17)13-7-2-3-10-15-13;1-2/h2-4,6-10H,5H2,1H3,(H,16,17);1-2H3. The van der Waals surface area contributed by atoms with Gasteiger partial charge in [0.1, 0.15) is 5.69 Å². The predicted octanol–water partition coefficient (Wildman–Crippen LogP) is 3.63. The van der Waals surface area contributed by atoms with E-state index >= 15 is 0 Å². The summed E-state index contributed by atoms with van der Waals surface area (Å²) in [4.78, 5) is 15.8. The van der Waals surface area contributed by atoms with Crippen LogP contribution in [0, 0.1) is 0 Å². The lowest BCUT2D eigenvalue weighted by Crippen LogP contribution is -2.22. The highest BCUT2D eigenvalue weighted by molar-refractivity contribution is 5.93. The zero-order valence-electron chi connectivity index (χ0n) is 11.7. The Morgan fingerprint density at radius 2 is 2.05 bits per heavy atom. The van der Waals surface area contributed by atoms with Gasteiger partial charge in [-0.05, 0) is 37.6 Å². The molecule has 1 aliphatic carbocycles. The maximum absolute atomic E-state index is 11.8. The van der Waals surface area contributed by atoms with Crippen molar-refractivity contribution in [1.82, 2.24) is 10.3 Å². The van der Waals surface area contributed by atoms with Gasteiger partial charge in [0.15, 0.2) is 0 Å². The van der Waals surface area contributed by atoms with Gasteiger partial charge in [0.2, 0.25) is 0 Å². The molecule has 0 aromatic carbocycles. The number of hydrogen-bond acceptors (Lipinski definition) is 2. The molecule has 1 aromatic heterocycles. The van der Waals surface area contributed by atoms with Crippen LogP contribution >= 0.6 is 0 Å². The number of aromatic nitrogens is 1. The molecule has 0 radical (unpaired) electrons. The summed E-state index contributed by atoms with van der Waals surface area (Å²) in [5, 5.41) is 2.82. The van der Waals surface area contributed by atoms with Gasteiger partial charge < -0.3 is 5.32 Å². The highest BCUT2D eigenvalue weighted by Crippen LogP contribution is 2.09. The molecule has 0 atom stereocenters. The minimum Gasteiger partial charge on any atom is -0.321 e. The third-order valence-electron chi connectivity index (χ3n) is 2.44. The second-order valence-electron chi connectivity index (χ2n) is 3.91. The average molecular weight is 256 g/mol. The Morgan fingerprint density at radius 3 is 2.74 bits per heavy atom. The molecule has 1 aliphatic rings. The maximum atomic E-state index is 11.8. The molecule has 0 saturated heterocycles. The summed E-state index contributed by atoms with van der Waals surface area (Å²) in [6.45, 7) is 6.06. The average Bonchev–Trinajstić information content (AvgIpc) is 2.67. The topological polar surface area (TPSA) is 42.0 Å². The van der Waals surface area contributed by atoms with E-state index in [1.807, 2.05) is 38.2 Å². The van der Waals surface area contributed by atoms with Crippen molar-refractivity contribution in [2.75, 3.05) is 0 Å². The van der Waals surface area contributed by atoms with Crippen LogP contribution in [-0.2, 0) is 0 Å². The van der Waals surface area contributed by atoms with Crippen molar-refractivity contribution in [2.24, 2.45) is 0 Å². The summed E-state index contributed by atoms with van der Waals surface area (Å²) < 4.78 is 0. The predicted molar refractivity (Wildman–Crippen MR) is 78.6 cm³/mol. The molecule has 1 aromatic rings. The number of hydrogen-bond donors (Lipinski definition) is 1. The van der Waals surface area contributed by atoms with E-state index in [0.29, 0.717) is 5.69 Å². The first-order valence-electron chi connectivity index (χ1n) is 6.52. The van der Waals surface area contributed by atoms with Crippen LogP contribution in [-0.4, -0.2) is 10.9 Å². The molecular weight excluding hydrogens is 236 g/mol. The minimum atomic E-state index is -0.186. The Morgan fingerprint density at radius 1 is 1.26 bits per heavy atom. The molecule has 0 unspecified atom stereocenters. The van der Waals surface area contributed by atoms with Crippen molar-refractivity contribution < 1.29 is 4.79 Å². The van der Waals surface area contributed by atoms with Crippen LogP contribution in [0.2, 0.25) is 0 Å². The second-order valence-corrected chi connectivity index (χ2v) is 3.91. The Hall–Kier alpha value is -2.16. The number of nitrogens with zero attached hydrogens (tertiary/aromatic N) is 1. The molecular formula is C16H20N2O. The highest BCUT2D eigenvalue weighted by Gasteiger charge is 2.07. The monoisotopic (exact) mass is 256 g/mol. The Bertz CT molecular complexity index is 499. The van der Waals surface area contributed by atoms with Crippen molar-refractivity contribution >= 4 is 5.91 Å². The van der Waals surface area contributed by atoms with Crippen molar-refractivity contribution in [3.05, 3.63) is 65.7 Å². The molecule has 0 bridgehead atoms. The first-order valence-corrected chi connectivity index (χ1v) is 6.52. The number of allylic oxidation sites excluding steroid dienone is 5. The van der Waals surface area contributed by atoms with Crippen LogP contribution < -0.4 is 5.32 Å². The quantitative estimate of drug-likeness (QED) is 0.878. The number of nitrogens with one attached hydrogen (secondary N) is 1. The van der Waals surface area contributed by atoms with E-state index in [0.717, 1.165) is 12.1 Å². The highest BCUT2D eigenvalue weighted by atomic mass is 16.1. The molecule has 1 N–H and O–H groups in total. The number of amides is 1. The molecule has 0 fully saturated rings. The molecule has 0 spiro atoms. The Kier molecular flexibility index (Phi) is 6.30. The summed E-state index contributed by atoms with van der Waals surface area (Å²) in [6.07, 6.45) is 10.4. The molecule has 3 nitrogen and oxygen atoms in total. The molecule has 0 aliphatic heterocycles. The fourth-order valence-electron chi connectivity index (χ4n) is 1.50. The van der Waals surface area contributed by atoms with E-state index in [1.54, 1.807) is 24.4 Å². The number of rotatable bonds is 2. The number of carbonyl (C=O) groups excluding carboxylic acids is 1. The van der Waals surface area contributed by atoms with Crippen molar-refractivity contribution in [2.45, 2.75) is 27.2 Å². The second kappa shape index (κ2) is 8.03. The van der Waals surface area contributed by atoms with Crippen LogP contribution in [0.1, 0.15) is 37.7 Å². The molecule has 100 valence electrons. The summed E-state index contributed by atoms with van der Waals surface area (Å²) in [5.41, 5.74) is 2.48. The van der Waals surface area contributed by atoms with Gasteiger partial charge in [-0.2, -0.15) is 0 Å². The summed E-state index contributed by atoms with van der Waals surface area (Å²) in [5.74, 6) is -0.186. The van der Waals surface area contributed by atoms with Gasteiger partial charge in [-0.25, -0.2) is 0 Å². The third-order valence-corrected chi connectivity index (χ3v) is 2.44. The van der Waals surface area contributed by atoms with Gasteiger partial charge in [0, 0.05) is 11.9 Å². The first-order chi connectivity index (χ1) is 9.25. The van der Waals surface area contributed by atoms with Crippen LogP contribution in [0.25, 0.3) is 0 Å². The Labute approximate surface area is 114 Å². The van der Waals surface area contributed by atoms with Crippen molar-refractivity contribution in [3.63, 3.8) is 0 Å². The van der Waals surface area contributed by atoms with Crippen LogP contribution in [0.5, 0.6) is 0 Å². The van der Waals surface area contributed by atoms with E-state index in [1.165, 1.54) is 5.57 Å². The molecule has 2 rings (SSSR count). The van der Waals surface area contributed by atoms with Crippen molar-refractivity contribution in [3.8, 4) is 0 Å². The van der Waals surface area contributed by atoms with Crippen molar-refractivity contribution in [1.29, 1.82) is 0 Å². The summed E-state index contributed by atoms with van der Waals surface area (Å²) in [7, 11) is 0. The fourth-order valence-corrected chi connectivity index (χ4v) is 1.50. The number of carbonyl (C=O) groups is 1. The first kappa shape index (κ1) is 14.9. The largest absolute Gasteiger partial charge is 0.321 e. The minimum absolute atomic E-state index is 0.186. The fraction of sp³-hybridized carbons (Fsp3) is 0.250. The van der Waals surface area contributed by atoms with E-state index in [2.05, 4.69) is 17.2 Å². The SMILES string of the molecule is CC.CC1=CC=C(NC(=O)c2ccccn2)C=CC1. The third kappa shape index (κ3) is 4.92. The molecule has 19 heavy (non-hydrogen) atoms. The van der Waals surface area contributed by atoms with E-state index in [-0.39, 0.29) is 5.91 Å². The van der Waals surface area contributed by atoms with Gasteiger partial charge in [-0.1, -0.05) is 37.6 Å².